The van der Waals surface area contributed by atoms with Crippen LogP contribution in [0.2, 0.25) is 0 Å². The van der Waals surface area contributed by atoms with Crippen LogP contribution in [0, 0.1) is 12.7 Å². The number of alkyl halides is 3. The van der Waals surface area contributed by atoms with E-state index in [1.54, 1.807) is 36.4 Å². The quantitative estimate of drug-likeness (QED) is 0.353. The van der Waals surface area contributed by atoms with Crippen molar-refractivity contribution >= 4 is 5.97 Å². The van der Waals surface area contributed by atoms with Crippen LogP contribution < -0.4 is 0 Å². The predicted molar refractivity (Wildman–Crippen MR) is 115 cm³/mol. The maximum atomic E-state index is 13.8. The summed E-state index contributed by atoms with van der Waals surface area (Å²) in [5, 5.41) is 9.17. The SMILES string of the molecule is Cc1cccc(-c2cc(C(F)(F)F)nc(-c3cccc(-c4ccc(F)c(C(=O)O)c4)c3)n2)c1. The molecule has 4 aromatic rings. The first-order valence-electron chi connectivity index (χ1n) is 9.79. The van der Waals surface area contributed by atoms with Crippen molar-refractivity contribution in [3.05, 3.63) is 95.4 Å². The van der Waals surface area contributed by atoms with Crippen molar-refractivity contribution in [1.29, 1.82) is 0 Å². The minimum Gasteiger partial charge on any atom is -0.478 e. The number of hydrogen-bond acceptors (Lipinski definition) is 3. The second kappa shape index (κ2) is 8.46. The maximum absolute atomic E-state index is 13.8. The molecule has 0 aliphatic carbocycles. The highest BCUT2D eigenvalue weighted by Gasteiger charge is 2.34. The number of carboxylic acid groups (broad SMARTS) is 1. The number of nitrogens with zero attached hydrogens (tertiary/aromatic N) is 2. The van der Waals surface area contributed by atoms with Gasteiger partial charge < -0.3 is 5.11 Å². The van der Waals surface area contributed by atoms with Gasteiger partial charge in [0.05, 0.1) is 11.3 Å². The molecule has 4 nitrogen and oxygen atoms in total. The summed E-state index contributed by atoms with van der Waals surface area (Å²) in [6.45, 7) is 1.83. The van der Waals surface area contributed by atoms with E-state index in [0.29, 0.717) is 22.3 Å². The van der Waals surface area contributed by atoms with Gasteiger partial charge in [-0.05, 0) is 48.4 Å². The van der Waals surface area contributed by atoms with E-state index in [9.17, 15) is 22.4 Å². The van der Waals surface area contributed by atoms with Crippen LogP contribution in [0.1, 0.15) is 21.6 Å². The molecule has 0 aliphatic rings. The fourth-order valence-corrected chi connectivity index (χ4v) is 3.38. The van der Waals surface area contributed by atoms with Gasteiger partial charge in [-0.1, -0.05) is 48.0 Å². The van der Waals surface area contributed by atoms with Crippen LogP contribution in [-0.2, 0) is 6.18 Å². The zero-order valence-electron chi connectivity index (χ0n) is 17.2. The van der Waals surface area contributed by atoms with Gasteiger partial charge in [-0.25, -0.2) is 19.2 Å². The van der Waals surface area contributed by atoms with E-state index in [2.05, 4.69) is 9.97 Å². The lowest BCUT2D eigenvalue weighted by molar-refractivity contribution is -0.141. The van der Waals surface area contributed by atoms with E-state index in [-0.39, 0.29) is 11.5 Å². The second-order valence-electron chi connectivity index (χ2n) is 7.41. The summed E-state index contributed by atoms with van der Waals surface area (Å²) >= 11 is 0. The van der Waals surface area contributed by atoms with Gasteiger partial charge in [0, 0.05) is 11.1 Å². The van der Waals surface area contributed by atoms with Crippen LogP contribution in [0.4, 0.5) is 17.6 Å². The van der Waals surface area contributed by atoms with Gasteiger partial charge in [0.1, 0.15) is 11.5 Å². The Labute approximate surface area is 186 Å². The first-order chi connectivity index (χ1) is 15.6. The monoisotopic (exact) mass is 452 g/mol. The second-order valence-corrected chi connectivity index (χ2v) is 7.41. The molecule has 8 heteroatoms. The van der Waals surface area contributed by atoms with E-state index < -0.39 is 29.2 Å². The minimum absolute atomic E-state index is 0.122. The maximum Gasteiger partial charge on any atom is 0.433 e. The van der Waals surface area contributed by atoms with Gasteiger partial charge in [-0.15, -0.1) is 0 Å². The normalized spacial score (nSPS) is 11.4. The van der Waals surface area contributed by atoms with Gasteiger partial charge in [0.2, 0.25) is 0 Å². The molecule has 0 saturated carbocycles. The minimum atomic E-state index is -4.68. The molecular formula is C25H16F4N2O2. The molecule has 166 valence electrons. The Morgan fingerprint density at radius 2 is 1.48 bits per heavy atom. The van der Waals surface area contributed by atoms with Crippen LogP contribution in [0.5, 0.6) is 0 Å². The first-order valence-corrected chi connectivity index (χ1v) is 9.79. The van der Waals surface area contributed by atoms with Gasteiger partial charge in [-0.2, -0.15) is 13.2 Å². The Hall–Kier alpha value is -4.07. The molecule has 0 saturated heterocycles. The van der Waals surface area contributed by atoms with Gasteiger partial charge in [-0.3, -0.25) is 0 Å². The van der Waals surface area contributed by atoms with Crippen molar-refractivity contribution in [2.24, 2.45) is 0 Å². The summed E-state index contributed by atoms with van der Waals surface area (Å²) < 4.78 is 54.5. The van der Waals surface area contributed by atoms with E-state index in [1.807, 2.05) is 13.0 Å². The Morgan fingerprint density at radius 1 is 0.818 bits per heavy atom. The molecule has 1 aromatic heterocycles. The smallest absolute Gasteiger partial charge is 0.433 e. The average Bonchev–Trinajstić information content (AvgIpc) is 2.78. The summed E-state index contributed by atoms with van der Waals surface area (Å²) in [6.07, 6.45) is -4.68. The molecule has 33 heavy (non-hydrogen) atoms. The standard InChI is InChI=1S/C25H16F4N2O2/c1-14-4-2-6-17(10-14)21-13-22(25(27,28)29)31-23(30-21)18-7-3-5-15(11-18)16-8-9-20(26)19(12-16)24(32)33/h2-13H,1H3,(H,32,33). The van der Waals surface area contributed by atoms with Gasteiger partial charge in [0.25, 0.3) is 0 Å². The molecule has 0 spiro atoms. The van der Waals surface area contributed by atoms with Crippen LogP contribution >= 0.6 is 0 Å². The van der Waals surface area contributed by atoms with Crippen LogP contribution in [0.25, 0.3) is 33.8 Å². The van der Waals surface area contributed by atoms with Crippen LogP contribution in [-0.4, -0.2) is 21.0 Å². The zero-order valence-corrected chi connectivity index (χ0v) is 17.2. The summed E-state index contributed by atoms with van der Waals surface area (Å²) in [5.41, 5.74) is 1.10. The third kappa shape index (κ3) is 4.74. The first kappa shape index (κ1) is 22.1. The van der Waals surface area contributed by atoms with Crippen LogP contribution in [0.15, 0.2) is 72.8 Å². The lowest BCUT2D eigenvalue weighted by Crippen LogP contribution is -2.10. The molecule has 0 radical (unpaired) electrons. The number of aromatic nitrogens is 2. The number of benzene rings is 3. The molecule has 3 aromatic carbocycles. The number of carboxylic acids is 1. The molecule has 1 N–H and O–H groups in total. The molecule has 0 bridgehead atoms. The molecule has 0 fully saturated rings. The van der Waals surface area contributed by atoms with E-state index in [4.69, 9.17) is 5.11 Å². The van der Waals surface area contributed by atoms with Crippen molar-refractivity contribution in [2.45, 2.75) is 13.1 Å². The third-order valence-corrected chi connectivity index (χ3v) is 4.98. The Balaban J connectivity index is 1.85. The van der Waals surface area contributed by atoms with Gasteiger partial charge in [0.15, 0.2) is 5.82 Å². The molecule has 0 aliphatic heterocycles. The van der Waals surface area contributed by atoms with Crippen molar-refractivity contribution in [1.82, 2.24) is 9.97 Å². The highest BCUT2D eigenvalue weighted by molar-refractivity contribution is 5.90. The Morgan fingerprint density at radius 3 is 2.18 bits per heavy atom. The Bertz CT molecular complexity index is 1370. The van der Waals surface area contributed by atoms with Gasteiger partial charge >= 0.3 is 12.1 Å². The summed E-state index contributed by atoms with van der Waals surface area (Å²) in [5.74, 6) is -2.44. The van der Waals surface area contributed by atoms with Crippen molar-refractivity contribution < 1.29 is 27.5 Å². The van der Waals surface area contributed by atoms with E-state index >= 15 is 0 Å². The number of hydrogen-bond donors (Lipinski definition) is 1. The number of aromatic carboxylic acids is 1. The summed E-state index contributed by atoms with van der Waals surface area (Å²) in [6, 6.07) is 17.8. The topological polar surface area (TPSA) is 63.1 Å². The fourth-order valence-electron chi connectivity index (χ4n) is 3.38. The number of carbonyl (C=O) groups is 1. The van der Waals surface area contributed by atoms with E-state index in [0.717, 1.165) is 17.7 Å². The largest absolute Gasteiger partial charge is 0.478 e. The van der Waals surface area contributed by atoms with Crippen molar-refractivity contribution in [3.8, 4) is 33.8 Å². The molecule has 4 rings (SSSR count). The lowest BCUT2D eigenvalue weighted by Gasteiger charge is -2.12. The number of halogens is 4. The lowest BCUT2D eigenvalue weighted by atomic mass is 10.00. The third-order valence-electron chi connectivity index (χ3n) is 4.98. The Kier molecular flexibility index (Phi) is 5.68. The average molecular weight is 452 g/mol. The predicted octanol–water partition coefficient (Wildman–Crippen LogP) is 6.64. The van der Waals surface area contributed by atoms with E-state index in [1.165, 1.54) is 18.2 Å². The number of aryl methyl sites for hydroxylation is 1. The highest BCUT2D eigenvalue weighted by atomic mass is 19.4. The molecule has 0 atom stereocenters. The number of rotatable bonds is 4. The molecule has 0 amide bonds. The summed E-state index contributed by atoms with van der Waals surface area (Å²) in [4.78, 5) is 19.3. The molecule has 1 heterocycles. The summed E-state index contributed by atoms with van der Waals surface area (Å²) in [7, 11) is 0. The van der Waals surface area contributed by atoms with Crippen molar-refractivity contribution in [2.75, 3.05) is 0 Å². The van der Waals surface area contributed by atoms with Crippen LogP contribution in [0.3, 0.4) is 0 Å². The molecule has 0 unspecified atom stereocenters. The fraction of sp³-hybridized carbons (Fsp3) is 0.0800. The molecular weight excluding hydrogens is 436 g/mol. The zero-order chi connectivity index (χ0) is 23.8. The van der Waals surface area contributed by atoms with Crippen molar-refractivity contribution in [3.63, 3.8) is 0 Å². The highest BCUT2D eigenvalue weighted by Crippen LogP contribution is 2.33.